The Morgan fingerprint density at radius 1 is 1.10 bits per heavy atom. The van der Waals surface area contributed by atoms with E-state index >= 15 is 0 Å². The Morgan fingerprint density at radius 3 is 2.57 bits per heavy atom. The van der Waals surface area contributed by atoms with Gasteiger partial charge in [0.2, 0.25) is 0 Å². The van der Waals surface area contributed by atoms with Crippen molar-refractivity contribution >= 4 is 5.69 Å². The molecule has 110 valence electrons. The quantitative estimate of drug-likeness (QED) is 0.774. The first-order chi connectivity index (χ1) is 10.1. The van der Waals surface area contributed by atoms with Crippen molar-refractivity contribution in [2.24, 2.45) is 5.92 Å². The maximum atomic E-state index is 13.6. The minimum absolute atomic E-state index is 0.172. The van der Waals surface area contributed by atoms with Gasteiger partial charge in [-0.3, -0.25) is 0 Å². The molecule has 1 aliphatic heterocycles. The summed E-state index contributed by atoms with van der Waals surface area (Å²) in [5.74, 6) is 0.837. The number of rotatable bonds is 2. The zero-order valence-corrected chi connectivity index (χ0v) is 12.9. The Kier molecular flexibility index (Phi) is 3.71. The summed E-state index contributed by atoms with van der Waals surface area (Å²) in [4.78, 5) is 0. The molecule has 2 atom stereocenters. The number of fused-ring (bicyclic) bond motifs is 1. The zero-order chi connectivity index (χ0) is 15.0. The molecule has 1 nitrogen and oxygen atoms in total. The van der Waals surface area contributed by atoms with E-state index in [-0.39, 0.29) is 11.9 Å². The van der Waals surface area contributed by atoms with E-state index in [1.54, 1.807) is 12.1 Å². The highest BCUT2D eigenvalue weighted by Gasteiger charge is 2.30. The molecule has 1 heterocycles. The number of benzene rings is 2. The van der Waals surface area contributed by atoms with Crippen LogP contribution in [0.5, 0.6) is 0 Å². The third kappa shape index (κ3) is 2.67. The van der Waals surface area contributed by atoms with E-state index in [2.05, 4.69) is 50.4 Å². The van der Waals surface area contributed by atoms with E-state index in [9.17, 15) is 4.39 Å². The van der Waals surface area contributed by atoms with Gasteiger partial charge < -0.3 is 5.32 Å². The zero-order valence-electron chi connectivity index (χ0n) is 12.9. The second kappa shape index (κ2) is 5.51. The van der Waals surface area contributed by atoms with Gasteiger partial charge in [0.15, 0.2) is 0 Å². The monoisotopic (exact) mass is 283 g/mol. The first-order valence-corrected chi connectivity index (χ1v) is 7.67. The number of hydrogen-bond acceptors (Lipinski definition) is 1. The Bertz CT molecular complexity index is 648. The molecule has 0 spiro atoms. The van der Waals surface area contributed by atoms with Gasteiger partial charge in [-0.05, 0) is 54.0 Å². The largest absolute Gasteiger partial charge is 0.378 e. The summed E-state index contributed by atoms with van der Waals surface area (Å²) in [5.41, 5.74) is 4.81. The van der Waals surface area contributed by atoms with Crippen LogP contribution >= 0.6 is 0 Å². The lowest BCUT2D eigenvalue weighted by atomic mass is 9.78. The molecule has 2 heteroatoms. The van der Waals surface area contributed by atoms with Crippen LogP contribution in [0.15, 0.2) is 42.5 Å². The predicted molar refractivity (Wildman–Crippen MR) is 86.1 cm³/mol. The summed E-state index contributed by atoms with van der Waals surface area (Å²) in [6.45, 7) is 6.64. The maximum Gasteiger partial charge on any atom is 0.125 e. The van der Waals surface area contributed by atoms with E-state index in [4.69, 9.17) is 0 Å². The first-order valence-electron chi connectivity index (χ1n) is 7.67. The van der Waals surface area contributed by atoms with Crippen molar-refractivity contribution in [3.8, 4) is 0 Å². The molecule has 0 fully saturated rings. The second-order valence-corrected chi connectivity index (χ2v) is 6.37. The van der Waals surface area contributed by atoms with Gasteiger partial charge in [0.05, 0.1) is 6.04 Å². The van der Waals surface area contributed by atoms with Gasteiger partial charge >= 0.3 is 0 Å². The lowest BCUT2D eigenvalue weighted by Gasteiger charge is -2.36. The molecular formula is C19H22FN. The molecule has 2 unspecified atom stereocenters. The molecule has 0 aliphatic carbocycles. The summed E-state index contributed by atoms with van der Waals surface area (Å²) in [7, 11) is 0. The van der Waals surface area contributed by atoms with E-state index in [1.807, 2.05) is 6.07 Å². The fraction of sp³-hybridized carbons (Fsp3) is 0.368. The minimum atomic E-state index is -0.172. The molecule has 1 N–H and O–H groups in total. The summed E-state index contributed by atoms with van der Waals surface area (Å²) >= 11 is 0. The maximum absolute atomic E-state index is 13.6. The average molecular weight is 283 g/mol. The molecule has 2 aromatic rings. The normalized spacial score (nSPS) is 21.0. The molecule has 2 aromatic carbocycles. The van der Waals surface area contributed by atoms with Crippen LogP contribution in [-0.2, 0) is 0 Å². The summed E-state index contributed by atoms with van der Waals surface area (Å²) in [5, 5.41) is 3.54. The Balaban J connectivity index is 2.03. The number of aryl methyl sites for hydroxylation is 1. The summed E-state index contributed by atoms with van der Waals surface area (Å²) in [6.07, 6.45) is 1.06. The highest BCUT2D eigenvalue weighted by molar-refractivity contribution is 5.57. The van der Waals surface area contributed by atoms with Crippen molar-refractivity contribution in [3.05, 3.63) is 65.0 Å². The van der Waals surface area contributed by atoms with Crippen LogP contribution in [0, 0.1) is 18.7 Å². The van der Waals surface area contributed by atoms with E-state index < -0.39 is 0 Å². The molecule has 21 heavy (non-hydrogen) atoms. The fourth-order valence-corrected chi connectivity index (χ4v) is 3.42. The first kappa shape index (κ1) is 14.1. The summed E-state index contributed by atoms with van der Waals surface area (Å²) < 4.78 is 13.6. The molecule has 0 saturated heterocycles. The van der Waals surface area contributed by atoms with Crippen LogP contribution in [0.3, 0.4) is 0 Å². The van der Waals surface area contributed by atoms with Crippen LogP contribution in [0.25, 0.3) is 0 Å². The van der Waals surface area contributed by atoms with Crippen molar-refractivity contribution in [1.82, 2.24) is 0 Å². The average Bonchev–Trinajstić information content (AvgIpc) is 2.46. The lowest BCUT2D eigenvalue weighted by molar-refractivity contribution is 0.428. The van der Waals surface area contributed by atoms with Crippen molar-refractivity contribution in [3.63, 3.8) is 0 Å². The Hall–Kier alpha value is -1.83. The SMILES string of the molecule is Cc1ccccc1C1CC(C(C)C)c2ccc(F)cc2N1. The molecule has 0 saturated carbocycles. The fourth-order valence-electron chi connectivity index (χ4n) is 3.42. The van der Waals surface area contributed by atoms with Gasteiger partial charge in [-0.2, -0.15) is 0 Å². The molecule has 3 rings (SSSR count). The molecule has 0 aromatic heterocycles. The molecular weight excluding hydrogens is 261 g/mol. The van der Waals surface area contributed by atoms with Crippen LogP contribution in [0.2, 0.25) is 0 Å². The van der Waals surface area contributed by atoms with Crippen LogP contribution < -0.4 is 5.32 Å². The van der Waals surface area contributed by atoms with Crippen LogP contribution in [0.4, 0.5) is 10.1 Å². The van der Waals surface area contributed by atoms with E-state index in [0.29, 0.717) is 11.8 Å². The molecule has 0 bridgehead atoms. The van der Waals surface area contributed by atoms with Crippen LogP contribution in [-0.4, -0.2) is 0 Å². The highest BCUT2D eigenvalue weighted by Crippen LogP contribution is 2.44. The third-order valence-corrected chi connectivity index (χ3v) is 4.60. The van der Waals surface area contributed by atoms with Gasteiger partial charge in [0.25, 0.3) is 0 Å². The molecule has 0 amide bonds. The second-order valence-electron chi connectivity index (χ2n) is 6.37. The summed E-state index contributed by atoms with van der Waals surface area (Å²) in [6, 6.07) is 13.9. The number of hydrogen-bond donors (Lipinski definition) is 1. The Labute approximate surface area is 126 Å². The smallest absolute Gasteiger partial charge is 0.125 e. The number of nitrogens with one attached hydrogen (secondary N) is 1. The third-order valence-electron chi connectivity index (χ3n) is 4.60. The van der Waals surface area contributed by atoms with Crippen molar-refractivity contribution in [2.75, 3.05) is 5.32 Å². The van der Waals surface area contributed by atoms with Gasteiger partial charge in [-0.25, -0.2) is 4.39 Å². The number of halogens is 1. The van der Waals surface area contributed by atoms with Gasteiger partial charge in [-0.1, -0.05) is 44.2 Å². The Morgan fingerprint density at radius 2 is 1.86 bits per heavy atom. The van der Waals surface area contributed by atoms with Gasteiger partial charge in [-0.15, -0.1) is 0 Å². The molecule has 0 radical (unpaired) electrons. The molecule has 1 aliphatic rings. The van der Waals surface area contributed by atoms with E-state index in [0.717, 1.165) is 12.1 Å². The van der Waals surface area contributed by atoms with Crippen molar-refractivity contribution in [2.45, 2.75) is 39.2 Å². The van der Waals surface area contributed by atoms with Gasteiger partial charge in [0, 0.05) is 5.69 Å². The van der Waals surface area contributed by atoms with Crippen molar-refractivity contribution < 1.29 is 4.39 Å². The van der Waals surface area contributed by atoms with Crippen molar-refractivity contribution in [1.29, 1.82) is 0 Å². The minimum Gasteiger partial charge on any atom is -0.378 e. The van der Waals surface area contributed by atoms with E-state index in [1.165, 1.54) is 16.7 Å². The van der Waals surface area contributed by atoms with Crippen LogP contribution in [0.1, 0.15) is 48.9 Å². The lowest BCUT2D eigenvalue weighted by Crippen LogP contribution is -2.25. The topological polar surface area (TPSA) is 12.0 Å². The standard InChI is InChI=1S/C19H22FN/c1-12(2)17-11-19(15-7-5-4-6-13(15)3)21-18-10-14(20)8-9-16(17)18/h4-10,12,17,19,21H,11H2,1-3H3. The van der Waals surface area contributed by atoms with Gasteiger partial charge in [0.1, 0.15) is 5.82 Å². The number of anilines is 1. The predicted octanol–water partition coefficient (Wildman–Crippen LogP) is 5.43. The highest BCUT2D eigenvalue weighted by atomic mass is 19.1.